The summed E-state index contributed by atoms with van der Waals surface area (Å²) in [4.78, 5) is 36.9. The van der Waals surface area contributed by atoms with Crippen molar-refractivity contribution in [1.82, 2.24) is 15.0 Å². The number of hydrogen-bond donors (Lipinski definition) is 2. The van der Waals surface area contributed by atoms with E-state index in [1.54, 1.807) is 39.2 Å². The molecule has 0 saturated carbocycles. The highest BCUT2D eigenvalue weighted by molar-refractivity contribution is 7.98. The molecule has 2 N–H and O–H groups in total. The van der Waals surface area contributed by atoms with Gasteiger partial charge in [-0.3, -0.25) is 9.78 Å². The van der Waals surface area contributed by atoms with Gasteiger partial charge in [0, 0.05) is 18.1 Å². The van der Waals surface area contributed by atoms with Crippen LogP contribution < -0.4 is 10.9 Å². The van der Waals surface area contributed by atoms with Crippen LogP contribution in [-0.4, -0.2) is 33.3 Å². The van der Waals surface area contributed by atoms with Crippen LogP contribution in [0.1, 0.15) is 37.8 Å². The first-order chi connectivity index (χ1) is 12.4. The lowest BCUT2D eigenvalue weighted by atomic mass is 9.83. The number of nitrogens with one attached hydrogen (secondary N) is 2. The number of carbonyl (C=O) groups excluding carboxylic acids is 1. The third kappa shape index (κ3) is 3.37. The van der Waals surface area contributed by atoms with Crippen LogP contribution in [0.5, 0.6) is 0 Å². The van der Waals surface area contributed by atoms with Gasteiger partial charge in [0.1, 0.15) is 5.82 Å². The van der Waals surface area contributed by atoms with E-state index >= 15 is 0 Å². The minimum absolute atomic E-state index is 0.269. The molecule has 136 valence electrons. The zero-order valence-electron chi connectivity index (χ0n) is 15.0. The highest BCUT2D eigenvalue weighted by atomic mass is 32.2. The molecule has 1 atom stereocenters. The molecule has 8 heteroatoms. The lowest BCUT2D eigenvalue weighted by molar-refractivity contribution is -0.143. The van der Waals surface area contributed by atoms with E-state index in [0.717, 1.165) is 5.56 Å². The van der Waals surface area contributed by atoms with Gasteiger partial charge in [-0.05, 0) is 38.7 Å². The van der Waals surface area contributed by atoms with Crippen molar-refractivity contribution in [1.29, 1.82) is 0 Å². The normalized spacial score (nSPS) is 16.3. The van der Waals surface area contributed by atoms with Gasteiger partial charge in [-0.2, -0.15) is 0 Å². The van der Waals surface area contributed by atoms with Crippen molar-refractivity contribution in [3.05, 3.63) is 57.3 Å². The van der Waals surface area contributed by atoms with Gasteiger partial charge in [0.05, 0.1) is 23.2 Å². The van der Waals surface area contributed by atoms with Crippen molar-refractivity contribution in [2.24, 2.45) is 0 Å². The largest absolute Gasteiger partial charge is 0.460 e. The van der Waals surface area contributed by atoms with E-state index in [9.17, 15) is 9.59 Å². The van der Waals surface area contributed by atoms with Gasteiger partial charge in [0.15, 0.2) is 5.16 Å². The van der Waals surface area contributed by atoms with Crippen LogP contribution in [0.15, 0.2) is 45.7 Å². The van der Waals surface area contributed by atoms with Gasteiger partial charge in [-0.25, -0.2) is 9.78 Å². The molecule has 1 aliphatic heterocycles. The van der Waals surface area contributed by atoms with E-state index < -0.39 is 11.9 Å². The number of rotatable bonds is 4. The molecule has 2 aromatic heterocycles. The number of carbonyl (C=O) groups is 1. The fourth-order valence-corrected chi connectivity index (χ4v) is 3.33. The standard InChI is InChI=1S/C18H20N4O3S/c1-9(2)25-17(24)12-10(3)20-15-14(16(23)22-18(21-15)26-4)13(12)11-6-5-7-19-8-11/h5-9,13H,1-4H3,(H2,20,21,22,23)/t13-/m1/s1. The Morgan fingerprint density at radius 3 is 2.77 bits per heavy atom. The number of anilines is 1. The summed E-state index contributed by atoms with van der Waals surface area (Å²) in [7, 11) is 0. The Hall–Kier alpha value is -2.61. The van der Waals surface area contributed by atoms with Gasteiger partial charge in [0.2, 0.25) is 0 Å². The molecule has 0 bridgehead atoms. The molecule has 3 rings (SSSR count). The Morgan fingerprint density at radius 1 is 1.38 bits per heavy atom. The van der Waals surface area contributed by atoms with Gasteiger partial charge >= 0.3 is 5.97 Å². The Kier molecular flexibility index (Phi) is 5.13. The minimum atomic E-state index is -0.599. The first kappa shape index (κ1) is 18.2. The number of aromatic amines is 1. The molecule has 26 heavy (non-hydrogen) atoms. The van der Waals surface area contributed by atoms with Crippen molar-refractivity contribution >= 4 is 23.5 Å². The maximum absolute atomic E-state index is 12.8. The number of pyridine rings is 1. The Labute approximate surface area is 155 Å². The lowest BCUT2D eigenvalue weighted by Crippen LogP contribution is -2.31. The van der Waals surface area contributed by atoms with E-state index in [1.807, 2.05) is 12.3 Å². The highest BCUT2D eigenvalue weighted by Gasteiger charge is 2.36. The summed E-state index contributed by atoms with van der Waals surface area (Å²) in [5.74, 6) is -0.609. The molecule has 0 radical (unpaired) electrons. The zero-order chi connectivity index (χ0) is 18.8. The molecular weight excluding hydrogens is 352 g/mol. The summed E-state index contributed by atoms with van der Waals surface area (Å²) in [5, 5.41) is 3.60. The van der Waals surface area contributed by atoms with Crippen LogP contribution in [0, 0.1) is 0 Å². The number of H-pyrrole nitrogens is 1. The number of allylic oxidation sites excluding steroid dienone is 1. The van der Waals surface area contributed by atoms with Crippen LogP contribution in [0.25, 0.3) is 0 Å². The quantitative estimate of drug-likeness (QED) is 0.484. The summed E-state index contributed by atoms with van der Waals surface area (Å²) < 4.78 is 5.42. The summed E-state index contributed by atoms with van der Waals surface area (Å²) in [6.07, 6.45) is 4.86. The Balaban J connectivity index is 2.23. The maximum atomic E-state index is 12.8. The molecular formula is C18H20N4O3S. The first-order valence-corrected chi connectivity index (χ1v) is 9.41. The fraction of sp³-hybridized carbons (Fsp3) is 0.333. The molecule has 2 aromatic rings. The second-order valence-electron chi connectivity index (χ2n) is 6.17. The Bertz CT molecular complexity index is 922. The van der Waals surface area contributed by atoms with Crippen molar-refractivity contribution in [2.45, 2.75) is 37.9 Å². The Morgan fingerprint density at radius 2 is 2.15 bits per heavy atom. The number of thioether (sulfide) groups is 1. The van der Waals surface area contributed by atoms with Crippen molar-refractivity contribution in [2.75, 3.05) is 11.6 Å². The summed E-state index contributed by atoms with van der Waals surface area (Å²) >= 11 is 1.34. The molecule has 0 amide bonds. The number of aromatic nitrogens is 3. The number of esters is 1. The van der Waals surface area contributed by atoms with Gasteiger partial charge in [0.25, 0.3) is 5.56 Å². The third-order valence-electron chi connectivity index (χ3n) is 3.99. The predicted molar refractivity (Wildman–Crippen MR) is 100 cm³/mol. The number of nitrogens with zero attached hydrogens (tertiary/aromatic N) is 2. The third-order valence-corrected chi connectivity index (χ3v) is 4.57. The summed E-state index contributed by atoms with van der Waals surface area (Å²) in [6.45, 7) is 5.36. The fourth-order valence-electron chi connectivity index (χ4n) is 2.96. The minimum Gasteiger partial charge on any atom is -0.460 e. The molecule has 0 unspecified atom stereocenters. The summed E-state index contributed by atoms with van der Waals surface area (Å²) in [5.41, 5.74) is 1.83. The zero-order valence-corrected chi connectivity index (χ0v) is 15.8. The molecule has 1 aliphatic rings. The van der Waals surface area contributed by atoms with E-state index in [-0.39, 0.29) is 11.7 Å². The van der Waals surface area contributed by atoms with Gasteiger partial charge in [-0.15, -0.1) is 0 Å². The highest BCUT2D eigenvalue weighted by Crippen LogP contribution is 2.39. The number of ether oxygens (including phenoxy) is 1. The molecule has 0 aliphatic carbocycles. The van der Waals surface area contributed by atoms with Gasteiger partial charge < -0.3 is 15.0 Å². The maximum Gasteiger partial charge on any atom is 0.337 e. The smallest absolute Gasteiger partial charge is 0.337 e. The molecule has 0 aromatic carbocycles. The monoisotopic (exact) mass is 372 g/mol. The lowest BCUT2D eigenvalue weighted by Gasteiger charge is -2.29. The predicted octanol–water partition coefficient (Wildman–Crippen LogP) is 2.67. The molecule has 7 nitrogen and oxygen atoms in total. The molecule has 0 spiro atoms. The second-order valence-corrected chi connectivity index (χ2v) is 6.97. The second kappa shape index (κ2) is 7.33. The SMILES string of the molecule is CSc1nc2c(c(=O)[nH]1)[C@H](c1cccnc1)C(C(=O)OC(C)C)=C(C)N2. The molecule has 3 heterocycles. The summed E-state index contributed by atoms with van der Waals surface area (Å²) in [6, 6.07) is 3.61. The van der Waals surface area contributed by atoms with Crippen molar-refractivity contribution in [3.63, 3.8) is 0 Å². The van der Waals surface area contributed by atoms with Gasteiger partial charge in [-0.1, -0.05) is 17.8 Å². The topological polar surface area (TPSA) is 97.0 Å². The number of hydrogen-bond acceptors (Lipinski definition) is 7. The van der Waals surface area contributed by atoms with Crippen LogP contribution in [-0.2, 0) is 9.53 Å². The van der Waals surface area contributed by atoms with E-state index in [0.29, 0.717) is 27.8 Å². The average Bonchev–Trinajstić information content (AvgIpc) is 2.60. The van der Waals surface area contributed by atoms with E-state index in [4.69, 9.17) is 4.74 Å². The number of fused-ring (bicyclic) bond motifs is 1. The molecule has 0 saturated heterocycles. The van der Waals surface area contributed by atoms with Crippen LogP contribution in [0.4, 0.5) is 5.82 Å². The first-order valence-electron chi connectivity index (χ1n) is 8.19. The van der Waals surface area contributed by atoms with E-state index in [1.165, 1.54) is 11.8 Å². The van der Waals surface area contributed by atoms with Crippen LogP contribution >= 0.6 is 11.8 Å². The van der Waals surface area contributed by atoms with E-state index in [2.05, 4.69) is 20.3 Å². The van der Waals surface area contributed by atoms with Crippen molar-refractivity contribution in [3.8, 4) is 0 Å². The molecule has 0 fully saturated rings. The van der Waals surface area contributed by atoms with Crippen LogP contribution in [0.3, 0.4) is 0 Å². The van der Waals surface area contributed by atoms with Crippen molar-refractivity contribution < 1.29 is 9.53 Å². The van der Waals surface area contributed by atoms with Crippen LogP contribution in [0.2, 0.25) is 0 Å². The average molecular weight is 372 g/mol.